The van der Waals surface area contributed by atoms with E-state index in [1.54, 1.807) is 5.38 Å². The normalized spacial score (nSPS) is 11.4. The van der Waals surface area contributed by atoms with E-state index in [0.29, 0.717) is 0 Å². The molecule has 1 amide bonds. The Bertz CT molecular complexity index is 656. The van der Waals surface area contributed by atoms with Gasteiger partial charge in [-0.15, -0.1) is 11.3 Å². The number of amides is 1. The number of nitrogens with one attached hydrogen (secondary N) is 1. The van der Waals surface area contributed by atoms with Crippen LogP contribution in [0.5, 0.6) is 0 Å². The molecule has 1 N–H and O–H groups in total. The number of carbonyl (C=O) groups excluding carboxylic acids is 1. The van der Waals surface area contributed by atoms with Crippen LogP contribution in [0, 0.1) is 0 Å². The second-order valence-corrected chi connectivity index (χ2v) is 6.51. The number of halogens is 5. The number of hydrogen-bond acceptors (Lipinski definition) is 2. The highest BCUT2D eigenvalue weighted by molar-refractivity contribution is 9.11. The van der Waals surface area contributed by atoms with Crippen LogP contribution in [0.1, 0.15) is 15.9 Å². The van der Waals surface area contributed by atoms with Gasteiger partial charge in [-0.25, -0.2) is 0 Å². The summed E-state index contributed by atoms with van der Waals surface area (Å²) in [5.74, 6) is -0.611. The molecule has 1 aromatic heterocycles. The highest BCUT2D eigenvalue weighted by Crippen LogP contribution is 2.36. The third kappa shape index (κ3) is 3.53. The lowest BCUT2D eigenvalue weighted by molar-refractivity contribution is -0.136. The third-order valence-electron chi connectivity index (χ3n) is 2.36. The van der Waals surface area contributed by atoms with Gasteiger partial charge in [0, 0.05) is 10.4 Å². The van der Waals surface area contributed by atoms with Crippen LogP contribution < -0.4 is 5.32 Å². The third-order valence-corrected chi connectivity index (χ3v) is 4.10. The number of carbonyl (C=O) groups is 1. The Morgan fingerprint density at radius 2 is 2.00 bits per heavy atom. The molecule has 2 nitrogen and oxygen atoms in total. The lowest BCUT2D eigenvalue weighted by Gasteiger charge is -2.13. The largest absolute Gasteiger partial charge is 0.418 e. The van der Waals surface area contributed by atoms with E-state index in [4.69, 9.17) is 11.6 Å². The Kier molecular flexibility index (Phi) is 4.41. The lowest BCUT2D eigenvalue weighted by atomic mass is 10.1. The molecule has 0 fully saturated rings. The summed E-state index contributed by atoms with van der Waals surface area (Å²) >= 11 is 10.0. The molecule has 106 valence electrons. The Morgan fingerprint density at radius 1 is 1.30 bits per heavy atom. The summed E-state index contributed by atoms with van der Waals surface area (Å²) in [7, 11) is 0. The molecule has 0 aliphatic carbocycles. The van der Waals surface area contributed by atoms with Gasteiger partial charge in [0.15, 0.2) is 0 Å². The molecule has 0 saturated heterocycles. The minimum Gasteiger partial charge on any atom is -0.321 e. The van der Waals surface area contributed by atoms with Crippen molar-refractivity contribution >= 4 is 50.5 Å². The molecule has 1 aromatic carbocycles. The molecule has 0 radical (unpaired) electrons. The number of hydrogen-bond donors (Lipinski definition) is 1. The summed E-state index contributed by atoms with van der Waals surface area (Å²) in [5.41, 5.74) is -1.02. The maximum Gasteiger partial charge on any atom is 0.418 e. The molecule has 2 aromatic rings. The van der Waals surface area contributed by atoms with Gasteiger partial charge in [-0.2, -0.15) is 13.2 Å². The van der Waals surface area contributed by atoms with Gasteiger partial charge in [0.1, 0.15) is 0 Å². The average molecular weight is 385 g/mol. The van der Waals surface area contributed by atoms with E-state index in [9.17, 15) is 18.0 Å². The number of anilines is 1. The topological polar surface area (TPSA) is 29.1 Å². The summed E-state index contributed by atoms with van der Waals surface area (Å²) in [6.07, 6.45) is -4.59. The molecule has 0 atom stereocenters. The zero-order valence-electron chi connectivity index (χ0n) is 9.59. The molecule has 1 heterocycles. The van der Waals surface area contributed by atoms with Gasteiger partial charge in [0.2, 0.25) is 0 Å². The molecular weight excluding hydrogens is 379 g/mol. The Balaban J connectivity index is 2.32. The molecule has 0 unspecified atom stereocenters. The summed E-state index contributed by atoms with van der Waals surface area (Å²) in [5, 5.41) is 3.74. The predicted octanol–water partition coefficient (Wildman–Crippen LogP) is 5.44. The van der Waals surface area contributed by atoms with E-state index in [0.717, 1.165) is 15.9 Å². The van der Waals surface area contributed by atoms with E-state index in [2.05, 4.69) is 21.2 Å². The minimum atomic E-state index is -4.59. The number of alkyl halides is 3. The Hall–Kier alpha value is -1.05. The van der Waals surface area contributed by atoms with Crippen LogP contribution in [0.2, 0.25) is 5.02 Å². The van der Waals surface area contributed by atoms with Crippen molar-refractivity contribution in [1.82, 2.24) is 0 Å². The van der Waals surface area contributed by atoms with Gasteiger partial charge in [0.25, 0.3) is 5.91 Å². The van der Waals surface area contributed by atoms with Crippen molar-refractivity contribution in [3.8, 4) is 0 Å². The smallest absolute Gasteiger partial charge is 0.321 e. The zero-order valence-corrected chi connectivity index (χ0v) is 12.8. The van der Waals surface area contributed by atoms with Gasteiger partial charge in [-0.1, -0.05) is 11.6 Å². The van der Waals surface area contributed by atoms with Crippen molar-refractivity contribution in [3.05, 3.63) is 49.6 Å². The maximum absolute atomic E-state index is 12.9. The summed E-state index contributed by atoms with van der Waals surface area (Å²) in [6, 6.07) is 4.73. The number of thiophene rings is 1. The fourth-order valence-electron chi connectivity index (χ4n) is 1.48. The first kappa shape index (κ1) is 15.3. The number of rotatable bonds is 2. The molecule has 2 rings (SSSR count). The van der Waals surface area contributed by atoms with Crippen LogP contribution in [-0.4, -0.2) is 5.91 Å². The van der Waals surface area contributed by atoms with Crippen molar-refractivity contribution in [3.63, 3.8) is 0 Å². The molecule has 0 bridgehead atoms. The highest BCUT2D eigenvalue weighted by atomic mass is 79.9. The lowest BCUT2D eigenvalue weighted by Crippen LogP contribution is -2.16. The van der Waals surface area contributed by atoms with Crippen LogP contribution in [0.15, 0.2) is 33.4 Å². The van der Waals surface area contributed by atoms with Crippen LogP contribution in [-0.2, 0) is 6.18 Å². The van der Waals surface area contributed by atoms with Gasteiger partial charge in [-0.05, 0) is 40.2 Å². The Labute approximate surface area is 129 Å². The molecule has 0 spiro atoms. The molecular formula is C12H6BrClF3NOS. The van der Waals surface area contributed by atoms with Crippen LogP contribution >= 0.6 is 38.9 Å². The van der Waals surface area contributed by atoms with Crippen LogP contribution in [0.3, 0.4) is 0 Å². The summed E-state index contributed by atoms with van der Waals surface area (Å²) in [6.45, 7) is 0. The first-order chi connectivity index (χ1) is 9.27. The minimum absolute atomic E-state index is 0.0476. The maximum atomic E-state index is 12.9. The van der Waals surface area contributed by atoms with E-state index < -0.39 is 17.6 Å². The Morgan fingerprint density at radius 3 is 2.55 bits per heavy atom. The average Bonchev–Trinajstić information content (AvgIpc) is 2.77. The van der Waals surface area contributed by atoms with E-state index in [1.165, 1.54) is 23.5 Å². The van der Waals surface area contributed by atoms with E-state index in [1.807, 2.05) is 0 Å². The monoisotopic (exact) mass is 383 g/mol. The van der Waals surface area contributed by atoms with Crippen molar-refractivity contribution < 1.29 is 18.0 Å². The van der Waals surface area contributed by atoms with E-state index in [-0.39, 0.29) is 16.3 Å². The molecule has 0 saturated carbocycles. The van der Waals surface area contributed by atoms with Gasteiger partial charge in [-0.3, -0.25) is 4.79 Å². The fourth-order valence-corrected chi connectivity index (χ4v) is 2.79. The molecule has 8 heteroatoms. The predicted molar refractivity (Wildman–Crippen MR) is 76.4 cm³/mol. The van der Waals surface area contributed by atoms with Gasteiger partial charge < -0.3 is 5.32 Å². The van der Waals surface area contributed by atoms with Crippen molar-refractivity contribution in [2.75, 3.05) is 5.32 Å². The van der Waals surface area contributed by atoms with Crippen molar-refractivity contribution in [2.24, 2.45) is 0 Å². The summed E-state index contributed by atoms with van der Waals surface area (Å²) < 4.78 is 39.3. The zero-order chi connectivity index (χ0) is 14.9. The van der Waals surface area contributed by atoms with Crippen LogP contribution in [0.25, 0.3) is 0 Å². The van der Waals surface area contributed by atoms with Crippen molar-refractivity contribution in [2.45, 2.75) is 6.18 Å². The molecule has 0 aliphatic heterocycles. The van der Waals surface area contributed by atoms with Crippen LogP contribution in [0.4, 0.5) is 18.9 Å². The highest BCUT2D eigenvalue weighted by Gasteiger charge is 2.34. The standard InChI is InChI=1S/C12H6BrClF3NOS/c13-10-3-6(5-20-10)11(19)18-9-2-1-7(14)4-8(9)12(15,16)17/h1-5H,(H,18,19). The second kappa shape index (κ2) is 5.75. The van der Waals surface area contributed by atoms with Gasteiger partial charge >= 0.3 is 6.18 Å². The quantitative estimate of drug-likeness (QED) is 0.734. The first-order valence-electron chi connectivity index (χ1n) is 5.19. The second-order valence-electron chi connectivity index (χ2n) is 3.78. The number of benzene rings is 1. The molecule has 0 aliphatic rings. The van der Waals surface area contributed by atoms with Gasteiger partial charge in [0.05, 0.1) is 20.6 Å². The van der Waals surface area contributed by atoms with Crippen molar-refractivity contribution in [1.29, 1.82) is 0 Å². The van der Waals surface area contributed by atoms with E-state index >= 15 is 0 Å². The fraction of sp³-hybridized carbons (Fsp3) is 0.0833. The molecule has 20 heavy (non-hydrogen) atoms. The first-order valence-corrected chi connectivity index (χ1v) is 7.24. The summed E-state index contributed by atoms with van der Waals surface area (Å²) in [4.78, 5) is 11.9. The SMILES string of the molecule is O=C(Nc1ccc(Cl)cc1C(F)(F)F)c1csc(Br)c1.